The van der Waals surface area contributed by atoms with Crippen molar-refractivity contribution < 1.29 is 4.74 Å². The molecule has 2 unspecified atom stereocenters. The molecule has 0 amide bonds. The van der Waals surface area contributed by atoms with Gasteiger partial charge in [0.15, 0.2) is 11.6 Å². The van der Waals surface area contributed by atoms with E-state index in [2.05, 4.69) is 23.7 Å². The predicted octanol–water partition coefficient (Wildman–Crippen LogP) is 2.29. The highest BCUT2D eigenvalue weighted by molar-refractivity contribution is 5.52. The fourth-order valence-electron chi connectivity index (χ4n) is 2.59. The van der Waals surface area contributed by atoms with E-state index in [9.17, 15) is 0 Å². The summed E-state index contributed by atoms with van der Waals surface area (Å²) in [7, 11) is 0. The molecular weight excluding hydrogens is 238 g/mol. The average Bonchev–Trinajstić information content (AvgIpc) is 2.46. The molecule has 2 atom stereocenters. The van der Waals surface area contributed by atoms with Crippen molar-refractivity contribution in [1.82, 2.24) is 4.98 Å². The second kappa shape index (κ2) is 6.75. The van der Waals surface area contributed by atoms with Crippen molar-refractivity contribution in [2.75, 3.05) is 31.1 Å². The van der Waals surface area contributed by atoms with Gasteiger partial charge in [0.25, 0.3) is 0 Å². The molecule has 2 heterocycles. The van der Waals surface area contributed by atoms with Crippen LogP contribution in [0.1, 0.15) is 26.7 Å². The normalized spacial score (nSPS) is 23.4. The molecule has 1 aromatic heterocycles. The van der Waals surface area contributed by atoms with Gasteiger partial charge in [-0.2, -0.15) is 0 Å². The standard InChI is InChI=1S/C15H25N3O/c1-3-9-19-14-5-4-7-17-15(14)18-8-6-12(2)13(10-16)11-18/h4-5,7,12-13H,3,6,8-11,16H2,1-2H3. The van der Waals surface area contributed by atoms with Gasteiger partial charge in [-0.1, -0.05) is 13.8 Å². The molecular formula is C15H25N3O. The molecule has 0 aromatic carbocycles. The van der Waals surface area contributed by atoms with Crippen LogP contribution in [0.3, 0.4) is 0 Å². The third kappa shape index (κ3) is 3.38. The van der Waals surface area contributed by atoms with E-state index in [4.69, 9.17) is 10.5 Å². The van der Waals surface area contributed by atoms with E-state index >= 15 is 0 Å². The van der Waals surface area contributed by atoms with Crippen LogP contribution in [0.25, 0.3) is 0 Å². The minimum atomic E-state index is 0.551. The first-order valence-corrected chi connectivity index (χ1v) is 7.29. The summed E-state index contributed by atoms with van der Waals surface area (Å²) in [6.45, 7) is 7.91. The van der Waals surface area contributed by atoms with E-state index in [0.717, 1.165) is 44.2 Å². The van der Waals surface area contributed by atoms with E-state index in [-0.39, 0.29) is 0 Å². The van der Waals surface area contributed by atoms with Gasteiger partial charge in [0.2, 0.25) is 0 Å². The Morgan fingerprint density at radius 2 is 2.37 bits per heavy atom. The highest BCUT2D eigenvalue weighted by Crippen LogP contribution is 2.31. The molecule has 0 aliphatic carbocycles. The number of hydrogen-bond donors (Lipinski definition) is 1. The van der Waals surface area contributed by atoms with Crippen LogP contribution in [0.15, 0.2) is 18.3 Å². The van der Waals surface area contributed by atoms with Gasteiger partial charge in [-0.05, 0) is 43.4 Å². The molecule has 19 heavy (non-hydrogen) atoms. The van der Waals surface area contributed by atoms with E-state index in [1.807, 2.05) is 18.3 Å². The van der Waals surface area contributed by atoms with E-state index in [1.54, 1.807) is 0 Å². The summed E-state index contributed by atoms with van der Waals surface area (Å²) < 4.78 is 5.80. The Morgan fingerprint density at radius 1 is 1.53 bits per heavy atom. The maximum atomic E-state index is 5.87. The smallest absolute Gasteiger partial charge is 0.171 e. The Hall–Kier alpha value is -1.29. The number of hydrogen-bond acceptors (Lipinski definition) is 4. The zero-order valence-corrected chi connectivity index (χ0v) is 12.0. The summed E-state index contributed by atoms with van der Waals surface area (Å²) in [5.41, 5.74) is 5.87. The van der Waals surface area contributed by atoms with Crippen molar-refractivity contribution in [3.8, 4) is 5.75 Å². The third-order valence-corrected chi connectivity index (χ3v) is 3.93. The van der Waals surface area contributed by atoms with Gasteiger partial charge in [-0.25, -0.2) is 4.98 Å². The third-order valence-electron chi connectivity index (χ3n) is 3.93. The molecule has 2 rings (SSSR count). The molecule has 0 spiro atoms. The lowest BCUT2D eigenvalue weighted by atomic mass is 9.87. The second-order valence-corrected chi connectivity index (χ2v) is 5.38. The van der Waals surface area contributed by atoms with Gasteiger partial charge < -0.3 is 15.4 Å². The van der Waals surface area contributed by atoms with Crippen molar-refractivity contribution in [1.29, 1.82) is 0 Å². The molecule has 1 saturated heterocycles. The number of nitrogens with two attached hydrogens (primary N) is 1. The fourth-order valence-corrected chi connectivity index (χ4v) is 2.59. The summed E-state index contributed by atoms with van der Waals surface area (Å²) in [5.74, 6) is 3.12. The minimum Gasteiger partial charge on any atom is -0.490 e. The number of aromatic nitrogens is 1. The molecule has 1 aromatic rings. The summed E-state index contributed by atoms with van der Waals surface area (Å²) in [6, 6.07) is 3.94. The molecule has 0 saturated carbocycles. The highest BCUT2D eigenvalue weighted by Gasteiger charge is 2.27. The zero-order chi connectivity index (χ0) is 13.7. The number of rotatable bonds is 5. The van der Waals surface area contributed by atoms with Gasteiger partial charge in [0.05, 0.1) is 6.61 Å². The van der Waals surface area contributed by atoms with Crippen molar-refractivity contribution in [3.05, 3.63) is 18.3 Å². The van der Waals surface area contributed by atoms with Gasteiger partial charge in [0, 0.05) is 19.3 Å². The van der Waals surface area contributed by atoms with Crippen LogP contribution >= 0.6 is 0 Å². The average molecular weight is 263 g/mol. The molecule has 2 N–H and O–H groups in total. The second-order valence-electron chi connectivity index (χ2n) is 5.38. The Kier molecular flexibility index (Phi) is 5.02. The zero-order valence-electron chi connectivity index (χ0n) is 12.0. The van der Waals surface area contributed by atoms with E-state index < -0.39 is 0 Å². The molecule has 0 bridgehead atoms. The van der Waals surface area contributed by atoms with Gasteiger partial charge in [-0.15, -0.1) is 0 Å². The monoisotopic (exact) mass is 263 g/mol. The van der Waals surface area contributed by atoms with Gasteiger partial charge in [-0.3, -0.25) is 0 Å². The first kappa shape index (κ1) is 14.1. The molecule has 4 nitrogen and oxygen atoms in total. The first-order valence-electron chi connectivity index (χ1n) is 7.29. The SMILES string of the molecule is CCCOc1cccnc1N1CCC(C)C(CN)C1. The van der Waals surface area contributed by atoms with Gasteiger partial charge >= 0.3 is 0 Å². The fraction of sp³-hybridized carbons (Fsp3) is 0.667. The van der Waals surface area contributed by atoms with Crippen molar-refractivity contribution in [2.24, 2.45) is 17.6 Å². The van der Waals surface area contributed by atoms with Crippen LogP contribution in [0.2, 0.25) is 0 Å². The lowest BCUT2D eigenvalue weighted by Crippen LogP contribution is -2.43. The first-order chi connectivity index (χ1) is 9.26. The lowest BCUT2D eigenvalue weighted by molar-refractivity contribution is 0.295. The molecule has 1 fully saturated rings. The number of nitrogens with zero attached hydrogens (tertiary/aromatic N) is 2. The quantitative estimate of drug-likeness (QED) is 0.885. The number of ether oxygens (including phenoxy) is 1. The minimum absolute atomic E-state index is 0.551. The maximum absolute atomic E-state index is 5.87. The Labute approximate surface area is 116 Å². The highest BCUT2D eigenvalue weighted by atomic mass is 16.5. The summed E-state index contributed by atoms with van der Waals surface area (Å²) in [6.07, 6.45) is 4.02. The maximum Gasteiger partial charge on any atom is 0.171 e. The van der Waals surface area contributed by atoms with Crippen LogP contribution in [-0.4, -0.2) is 31.2 Å². The number of pyridine rings is 1. The Bertz CT molecular complexity index is 397. The van der Waals surface area contributed by atoms with Crippen LogP contribution in [0, 0.1) is 11.8 Å². The Morgan fingerprint density at radius 3 is 3.11 bits per heavy atom. The molecule has 4 heteroatoms. The predicted molar refractivity (Wildman–Crippen MR) is 78.6 cm³/mol. The molecule has 0 radical (unpaired) electrons. The van der Waals surface area contributed by atoms with Crippen molar-refractivity contribution >= 4 is 5.82 Å². The molecule has 1 aliphatic rings. The van der Waals surface area contributed by atoms with E-state index in [0.29, 0.717) is 11.8 Å². The number of anilines is 1. The summed E-state index contributed by atoms with van der Waals surface area (Å²) in [5, 5.41) is 0. The molecule has 106 valence electrons. The van der Waals surface area contributed by atoms with Crippen LogP contribution in [0.5, 0.6) is 5.75 Å². The Balaban J connectivity index is 2.12. The summed E-state index contributed by atoms with van der Waals surface area (Å²) in [4.78, 5) is 6.83. The summed E-state index contributed by atoms with van der Waals surface area (Å²) >= 11 is 0. The van der Waals surface area contributed by atoms with Crippen molar-refractivity contribution in [3.63, 3.8) is 0 Å². The van der Waals surface area contributed by atoms with Crippen molar-refractivity contribution in [2.45, 2.75) is 26.7 Å². The number of piperidine rings is 1. The lowest BCUT2D eigenvalue weighted by Gasteiger charge is -2.37. The molecule has 1 aliphatic heterocycles. The topological polar surface area (TPSA) is 51.4 Å². The van der Waals surface area contributed by atoms with E-state index in [1.165, 1.54) is 6.42 Å². The van der Waals surface area contributed by atoms with Crippen LogP contribution in [0.4, 0.5) is 5.82 Å². The van der Waals surface area contributed by atoms with Gasteiger partial charge in [0.1, 0.15) is 0 Å². The largest absolute Gasteiger partial charge is 0.490 e. The van der Waals surface area contributed by atoms with Crippen LogP contribution in [-0.2, 0) is 0 Å². The van der Waals surface area contributed by atoms with Crippen LogP contribution < -0.4 is 15.4 Å².